The van der Waals surface area contributed by atoms with Crippen molar-refractivity contribution >= 4 is 5.97 Å². The van der Waals surface area contributed by atoms with E-state index in [1.54, 1.807) is 6.92 Å². The van der Waals surface area contributed by atoms with Crippen molar-refractivity contribution in [1.29, 1.82) is 0 Å². The number of aromatic hydroxyl groups is 1. The Morgan fingerprint density at radius 2 is 1.86 bits per heavy atom. The Hall–Kier alpha value is -1.91. The maximum absolute atomic E-state index is 12.6. The Morgan fingerprint density at radius 3 is 2.46 bits per heavy atom. The van der Waals surface area contributed by atoms with Crippen LogP contribution in [0, 0.1) is 5.92 Å². The van der Waals surface area contributed by atoms with Gasteiger partial charge in [0.1, 0.15) is 47.6 Å². The molecule has 0 aliphatic carbocycles. The van der Waals surface area contributed by atoms with Crippen LogP contribution in [0.15, 0.2) is 18.2 Å². The Bertz CT molecular complexity index is 663. The van der Waals surface area contributed by atoms with Gasteiger partial charge in [-0.25, -0.2) is 4.79 Å². The summed E-state index contributed by atoms with van der Waals surface area (Å²) in [5.74, 6) is -0.854. The van der Waals surface area contributed by atoms with Gasteiger partial charge in [-0.05, 0) is 31.0 Å². The summed E-state index contributed by atoms with van der Waals surface area (Å²) in [6, 6.07) is 3.72. The highest BCUT2D eigenvalue weighted by molar-refractivity contribution is 5.93. The molecule has 0 amide bonds. The minimum Gasteiger partial charge on any atom is -0.508 e. The van der Waals surface area contributed by atoms with Crippen molar-refractivity contribution in [3.63, 3.8) is 0 Å². The van der Waals surface area contributed by atoms with Gasteiger partial charge in [0.25, 0.3) is 0 Å². The number of aliphatic hydroxyl groups excluding tert-OH is 4. The molecule has 9 nitrogen and oxygen atoms in total. The standard InChI is InChI=1S/C19H28O9/c1-4-9(2)10(3)26-18(25)12-7-11(21)5-6-13(12)27-19-17(24)16(23)15(22)14(8-20)28-19/h5-7,9-10,14-17,19-24H,4,8H2,1-3H3/t9?,10?,14-,15-,16+,17-,19-/m1/s1. The van der Waals surface area contributed by atoms with Crippen LogP contribution in [0.3, 0.4) is 0 Å². The lowest BCUT2D eigenvalue weighted by Crippen LogP contribution is -2.60. The van der Waals surface area contributed by atoms with Gasteiger partial charge in [-0.3, -0.25) is 0 Å². The summed E-state index contributed by atoms with van der Waals surface area (Å²) < 4.78 is 16.2. The molecule has 7 atom stereocenters. The predicted molar refractivity (Wildman–Crippen MR) is 96.8 cm³/mol. The van der Waals surface area contributed by atoms with Crippen LogP contribution >= 0.6 is 0 Å². The molecule has 158 valence electrons. The first kappa shape index (κ1) is 22.4. The summed E-state index contributed by atoms with van der Waals surface area (Å²) >= 11 is 0. The average molecular weight is 400 g/mol. The van der Waals surface area contributed by atoms with E-state index in [0.717, 1.165) is 12.5 Å². The van der Waals surface area contributed by atoms with E-state index in [0.29, 0.717) is 0 Å². The summed E-state index contributed by atoms with van der Waals surface area (Å²) in [4.78, 5) is 12.6. The number of hydrogen-bond acceptors (Lipinski definition) is 9. The van der Waals surface area contributed by atoms with E-state index < -0.39 is 43.3 Å². The Balaban J connectivity index is 2.23. The summed E-state index contributed by atoms with van der Waals surface area (Å²) in [7, 11) is 0. The number of phenolic OH excluding ortho intramolecular Hbond substituents is 1. The number of phenols is 1. The molecule has 5 N–H and O–H groups in total. The van der Waals surface area contributed by atoms with Gasteiger partial charge >= 0.3 is 5.97 Å². The van der Waals surface area contributed by atoms with Crippen LogP contribution in [0.5, 0.6) is 11.5 Å². The molecule has 1 aliphatic rings. The lowest BCUT2D eigenvalue weighted by molar-refractivity contribution is -0.277. The van der Waals surface area contributed by atoms with Crippen LogP contribution in [0.25, 0.3) is 0 Å². The van der Waals surface area contributed by atoms with E-state index in [1.165, 1.54) is 12.1 Å². The molecule has 1 aliphatic heterocycles. The number of carbonyl (C=O) groups is 1. The minimum absolute atomic E-state index is 0.0523. The molecule has 0 saturated carbocycles. The van der Waals surface area contributed by atoms with E-state index in [-0.39, 0.29) is 29.1 Å². The van der Waals surface area contributed by atoms with E-state index >= 15 is 0 Å². The van der Waals surface area contributed by atoms with Gasteiger partial charge in [0.2, 0.25) is 6.29 Å². The molecule has 2 unspecified atom stereocenters. The molecule has 0 aromatic heterocycles. The second kappa shape index (κ2) is 9.53. The number of rotatable bonds is 7. The highest BCUT2D eigenvalue weighted by Gasteiger charge is 2.45. The number of hydrogen-bond donors (Lipinski definition) is 5. The monoisotopic (exact) mass is 400 g/mol. The van der Waals surface area contributed by atoms with Crippen molar-refractivity contribution < 1.29 is 44.5 Å². The fraction of sp³-hybridized carbons (Fsp3) is 0.632. The Kier molecular flexibility index (Phi) is 7.62. The summed E-state index contributed by atoms with van der Waals surface area (Å²) in [6.45, 7) is 5.05. The van der Waals surface area contributed by atoms with Gasteiger partial charge in [-0.15, -0.1) is 0 Å². The maximum atomic E-state index is 12.6. The normalized spacial score (nSPS) is 29.8. The Labute approximate surface area is 163 Å². The number of aliphatic hydroxyl groups is 4. The van der Waals surface area contributed by atoms with Crippen LogP contribution < -0.4 is 4.74 Å². The molecule has 1 fully saturated rings. The first-order chi connectivity index (χ1) is 13.2. The topological polar surface area (TPSA) is 146 Å². The van der Waals surface area contributed by atoms with Crippen molar-refractivity contribution in [3.05, 3.63) is 23.8 Å². The zero-order chi connectivity index (χ0) is 21.0. The largest absolute Gasteiger partial charge is 0.508 e. The highest BCUT2D eigenvalue weighted by atomic mass is 16.7. The molecule has 0 bridgehead atoms. The summed E-state index contributed by atoms with van der Waals surface area (Å²) in [5.41, 5.74) is -0.0906. The fourth-order valence-corrected chi connectivity index (χ4v) is 2.75. The van der Waals surface area contributed by atoms with Gasteiger partial charge in [0.15, 0.2) is 0 Å². The molecule has 9 heteroatoms. The first-order valence-corrected chi connectivity index (χ1v) is 9.20. The molecule has 1 aromatic carbocycles. The second-order valence-corrected chi connectivity index (χ2v) is 6.99. The van der Waals surface area contributed by atoms with Crippen molar-refractivity contribution in [2.24, 2.45) is 5.92 Å². The second-order valence-electron chi connectivity index (χ2n) is 6.99. The maximum Gasteiger partial charge on any atom is 0.342 e. The van der Waals surface area contributed by atoms with Gasteiger partial charge in [0.05, 0.1) is 6.61 Å². The lowest BCUT2D eigenvalue weighted by Gasteiger charge is -2.39. The highest BCUT2D eigenvalue weighted by Crippen LogP contribution is 2.30. The SMILES string of the molecule is CCC(C)C(C)OC(=O)c1cc(O)ccc1O[C@@H]1O[C@H](CO)[C@@H](O)[C@H](O)[C@H]1O. The fourth-order valence-electron chi connectivity index (χ4n) is 2.75. The van der Waals surface area contributed by atoms with Crippen molar-refractivity contribution in [3.8, 4) is 11.5 Å². The van der Waals surface area contributed by atoms with Crippen LogP contribution in [0.4, 0.5) is 0 Å². The third-order valence-electron chi connectivity index (χ3n) is 5.01. The molecule has 1 saturated heterocycles. The van der Waals surface area contributed by atoms with Crippen LogP contribution in [-0.4, -0.2) is 74.9 Å². The van der Waals surface area contributed by atoms with Gasteiger partial charge < -0.3 is 39.7 Å². The van der Waals surface area contributed by atoms with Crippen molar-refractivity contribution in [1.82, 2.24) is 0 Å². The summed E-state index contributed by atoms with van der Waals surface area (Å²) in [6.07, 6.45) is -6.95. The van der Waals surface area contributed by atoms with Gasteiger partial charge in [-0.2, -0.15) is 0 Å². The zero-order valence-corrected chi connectivity index (χ0v) is 16.1. The molecule has 0 radical (unpaired) electrons. The lowest BCUT2D eigenvalue weighted by atomic mass is 9.99. The molecular weight excluding hydrogens is 372 g/mol. The smallest absolute Gasteiger partial charge is 0.342 e. The Morgan fingerprint density at radius 1 is 1.18 bits per heavy atom. The third kappa shape index (κ3) is 4.92. The average Bonchev–Trinajstić information content (AvgIpc) is 2.68. The number of benzene rings is 1. The van der Waals surface area contributed by atoms with Crippen LogP contribution in [-0.2, 0) is 9.47 Å². The molecule has 0 spiro atoms. The minimum atomic E-state index is -1.63. The molecule has 1 aromatic rings. The number of esters is 1. The quantitative estimate of drug-likeness (QED) is 0.404. The molecule has 2 rings (SSSR count). The summed E-state index contributed by atoms with van der Waals surface area (Å²) in [5, 5.41) is 48.8. The van der Waals surface area contributed by atoms with E-state index in [2.05, 4.69) is 0 Å². The number of carbonyl (C=O) groups excluding carboxylic acids is 1. The van der Waals surface area contributed by atoms with E-state index in [1.807, 2.05) is 13.8 Å². The number of ether oxygens (including phenoxy) is 3. The predicted octanol–water partition coefficient (Wildman–Crippen LogP) is 0.162. The van der Waals surface area contributed by atoms with Crippen LogP contribution in [0.1, 0.15) is 37.6 Å². The first-order valence-electron chi connectivity index (χ1n) is 9.20. The van der Waals surface area contributed by atoms with Crippen LogP contribution in [0.2, 0.25) is 0 Å². The van der Waals surface area contributed by atoms with Gasteiger partial charge in [-0.1, -0.05) is 20.3 Å². The molecule has 1 heterocycles. The molecular formula is C19H28O9. The molecule has 28 heavy (non-hydrogen) atoms. The van der Waals surface area contributed by atoms with E-state index in [9.17, 15) is 30.3 Å². The van der Waals surface area contributed by atoms with Crippen molar-refractivity contribution in [2.45, 2.75) is 64.0 Å². The third-order valence-corrected chi connectivity index (χ3v) is 5.01. The van der Waals surface area contributed by atoms with E-state index in [4.69, 9.17) is 14.2 Å². The van der Waals surface area contributed by atoms with Crippen molar-refractivity contribution in [2.75, 3.05) is 6.61 Å². The zero-order valence-electron chi connectivity index (χ0n) is 16.1. The van der Waals surface area contributed by atoms with Gasteiger partial charge in [0, 0.05) is 0 Å².